The second kappa shape index (κ2) is 6.19. The van der Waals surface area contributed by atoms with Crippen LogP contribution < -0.4 is 4.90 Å². The van der Waals surface area contributed by atoms with Crippen molar-refractivity contribution in [3.8, 4) is 0 Å². The molecule has 0 fully saturated rings. The second-order valence-corrected chi connectivity index (χ2v) is 4.23. The molecule has 1 aromatic carbocycles. The minimum absolute atomic E-state index is 0.142. The molecule has 0 saturated carbocycles. The summed E-state index contributed by atoms with van der Waals surface area (Å²) < 4.78 is 13.9. The maximum atomic E-state index is 13.9. The number of nitrogens with zero attached hydrogens (tertiary/aromatic N) is 1. The molecule has 0 saturated heterocycles. The molecule has 0 heterocycles. The van der Waals surface area contributed by atoms with E-state index in [9.17, 15) is 9.18 Å². The van der Waals surface area contributed by atoms with E-state index in [1.54, 1.807) is 12.1 Å². The van der Waals surface area contributed by atoms with E-state index in [-0.39, 0.29) is 11.9 Å². The molecule has 0 radical (unpaired) electrons. The van der Waals surface area contributed by atoms with Crippen LogP contribution >= 0.6 is 0 Å². The molecule has 18 heavy (non-hydrogen) atoms. The molecule has 1 rings (SSSR count). The van der Waals surface area contributed by atoms with E-state index in [2.05, 4.69) is 0 Å². The molecule has 0 spiro atoms. The number of halogens is 1. The molecule has 0 aliphatic heterocycles. The number of aliphatic carboxylic acids is 1. The average Bonchev–Trinajstić information content (AvgIpc) is 2.29. The van der Waals surface area contributed by atoms with Gasteiger partial charge in [-0.25, -0.2) is 9.18 Å². The zero-order valence-corrected chi connectivity index (χ0v) is 10.9. The van der Waals surface area contributed by atoms with Crippen molar-refractivity contribution in [2.75, 3.05) is 11.4 Å². The number of carboxylic acid groups (broad SMARTS) is 1. The van der Waals surface area contributed by atoms with Crippen molar-refractivity contribution in [3.63, 3.8) is 0 Å². The Labute approximate surface area is 107 Å². The number of benzene rings is 1. The minimum atomic E-state index is -1.04. The number of anilines is 1. The molecule has 98 valence electrons. The lowest BCUT2D eigenvalue weighted by atomic mass is 10.1. The van der Waals surface area contributed by atoms with Gasteiger partial charge in [0.2, 0.25) is 0 Å². The van der Waals surface area contributed by atoms with Crippen molar-refractivity contribution in [3.05, 3.63) is 35.7 Å². The van der Waals surface area contributed by atoms with Gasteiger partial charge in [0.25, 0.3) is 0 Å². The molecular formula is C14H18FNO2. The van der Waals surface area contributed by atoms with Gasteiger partial charge in [-0.2, -0.15) is 0 Å². The third kappa shape index (κ3) is 3.32. The maximum absolute atomic E-state index is 13.9. The van der Waals surface area contributed by atoms with E-state index in [1.807, 2.05) is 25.7 Å². The summed E-state index contributed by atoms with van der Waals surface area (Å²) in [6.45, 7) is 6.55. The van der Waals surface area contributed by atoms with E-state index in [0.29, 0.717) is 17.8 Å². The molecule has 3 nitrogen and oxygen atoms in total. The quantitative estimate of drug-likeness (QED) is 0.817. The molecular weight excluding hydrogens is 233 g/mol. The first-order valence-electron chi connectivity index (χ1n) is 5.93. The molecule has 0 bridgehead atoms. The number of para-hydroxylation sites is 1. The van der Waals surface area contributed by atoms with Crippen LogP contribution in [0, 0.1) is 5.82 Å². The highest BCUT2D eigenvalue weighted by Crippen LogP contribution is 2.27. The molecule has 0 unspecified atom stereocenters. The highest BCUT2D eigenvalue weighted by atomic mass is 19.1. The van der Waals surface area contributed by atoms with E-state index in [4.69, 9.17) is 5.11 Å². The Hall–Kier alpha value is -1.84. The molecule has 0 aromatic heterocycles. The lowest BCUT2D eigenvalue weighted by Gasteiger charge is -2.29. The van der Waals surface area contributed by atoms with Crippen LogP contribution in [0.5, 0.6) is 0 Å². The van der Waals surface area contributed by atoms with Gasteiger partial charge in [0.05, 0.1) is 5.69 Å². The first kappa shape index (κ1) is 14.2. The fourth-order valence-electron chi connectivity index (χ4n) is 1.91. The van der Waals surface area contributed by atoms with Crippen molar-refractivity contribution < 1.29 is 14.3 Å². The zero-order valence-electron chi connectivity index (χ0n) is 10.9. The van der Waals surface area contributed by atoms with E-state index < -0.39 is 5.97 Å². The van der Waals surface area contributed by atoms with Crippen LogP contribution in [0.1, 0.15) is 26.3 Å². The summed E-state index contributed by atoms with van der Waals surface area (Å²) >= 11 is 0. The molecule has 4 heteroatoms. The Balaban J connectivity index is 3.27. The van der Waals surface area contributed by atoms with Crippen LogP contribution in [0.4, 0.5) is 10.1 Å². The van der Waals surface area contributed by atoms with Gasteiger partial charge in [0.15, 0.2) is 0 Å². The largest absolute Gasteiger partial charge is 0.478 e. The summed E-state index contributed by atoms with van der Waals surface area (Å²) in [7, 11) is 0. The first-order valence-corrected chi connectivity index (χ1v) is 5.93. The van der Waals surface area contributed by atoms with Gasteiger partial charge in [-0.05, 0) is 32.9 Å². The van der Waals surface area contributed by atoms with Gasteiger partial charge in [0, 0.05) is 24.2 Å². The summed E-state index contributed by atoms with van der Waals surface area (Å²) in [6, 6.07) is 4.82. The fourth-order valence-corrected chi connectivity index (χ4v) is 1.91. The summed E-state index contributed by atoms with van der Waals surface area (Å²) in [5, 5.41) is 8.65. The number of carbonyl (C=O) groups is 1. The topological polar surface area (TPSA) is 40.5 Å². The molecule has 0 amide bonds. The van der Waals surface area contributed by atoms with Crippen LogP contribution in [-0.4, -0.2) is 23.7 Å². The highest BCUT2D eigenvalue weighted by Gasteiger charge is 2.16. The van der Waals surface area contributed by atoms with Gasteiger partial charge >= 0.3 is 5.97 Å². The smallest absolute Gasteiger partial charge is 0.328 e. The van der Waals surface area contributed by atoms with Gasteiger partial charge < -0.3 is 10.0 Å². The van der Waals surface area contributed by atoms with Crippen LogP contribution in [0.2, 0.25) is 0 Å². The third-order valence-corrected chi connectivity index (χ3v) is 2.67. The number of hydrogen-bond acceptors (Lipinski definition) is 2. The standard InChI is InChI=1S/C14H18FNO2/c1-4-16(10(2)3)14-11(8-9-13(17)18)6-5-7-12(14)15/h5-10H,4H2,1-3H3,(H,17,18)/b9-8+. The molecule has 0 aliphatic rings. The SMILES string of the molecule is CCN(c1c(F)cccc1/C=C/C(=O)O)C(C)C. The summed E-state index contributed by atoms with van der Waals surface area (Å²) in [4.78, 5) is 12.4. The van der Waals surface area contributed by atoms with Crippen LogP contribution in [-0.2, 0) is 4.79 Å². The summed E-state index contributed by atoms with van der Waals surface area (Å²) in [6.07, 6.45) is 2.44. The van der Waals surface area contributed by atoms with Gasteiger partial charge in [-0.1, -0.05) is 12.1 Å². The van der Waals surface area contributed by atoms with Gasteiger partial charge in [0.1, 0.15) is 5.82 Å². The van der Waals surface area contributed by atoms with Crippen LogP contribution in [0.3, 0.4) is 0 Å². The van der Waals surface area contributed by atoms with Crippen molar-refractivity contribution in [2.24, 2.45) is 0 Å². The molecule has 1 aromatic rings. The number of rotatable bonds is 5. The van der Waals surface area contributed by atoms with Crippen LogP contribution in [0.15, 0.2) is 24.3 Å². The predicted octanol–water partition coefficient (Wildman–Crippen LogP) is 3.16. The monoisotopic (exact) mass is 251 g/mol. The molecule has 0 atom stereocenters. The molecule has 1 N–H and O–H groups in total. The van der Waals surface area contributed by atoms with E-state index in [0.717, 1.165) is 6.08 Å². The van der Waals surface area contributed by atoms with Crippen molar-refractivity contribution in [2.45, 2.75) is 26.8 Å². The minimum Gasteiger partial charge on any atom is -0.478 e. The lowest BCUT2D eigenvalue weighted by molar-refractivity contribution is -0.131. The average molecular weight is 251 g/mol. The van der Waals surface area contributed by atoms with E-state index in [1.165, 1.54) is 12.1 Å². The summed E-state index contributed by atoms with van der Waals surface area (Å²) in [5.41, 5.74) is 1.03. The fraction of sp³-hybridized carbons (Fsp3) is 0.357. The Morgan fingerprint density at radius 1 is 1.50 bits per heavy atom. The van der Waals surface area contributed by atoms with Crippen LogP contribution in [0.25, 0.3) is 6.08 Å². The number of hydrogen-bond donors (Lipinski definition) is 1. The lowest BCUT2D eigenvalue weighted by Crippen LogP contribution is -2.31. The Morgan fingerprint density at radius 3 is 2.67 bits per heavy atom. The molecule has 0 aliphatic carbocycles. The maximum Gasteiger partial charge on any atom is 0.328 e. The van der Waals surface area contributed by atoms with Crippen molar-refractivity contribution in [1.29, 1.82) is 0 Å². The highest BCUT2D eigenvalue weighted by molar-refractivity contribution is 5.87. The summed E-state index contributed by atoms with van der Waals surface area (Å²) in [5.74, 6) is -1.38. The van der Waals surface area contributed by atoms with E-state index >= 15 is 0 Å². The zero-order chi connectivity index (χ0) is 13.7. The number of carboxylic acids is 1. The first-order chi connectivity index (χ1) is 8.47. The van der Waals surface area contributed by atoms with Gasteiger partial charge in [-0.15, -0.1) is 0 Å². The Morgan fingerprint density at radius 2 is 2.17 bits per heavy atom. The van der Waals surface area contributed by atoms with Crippen molar-refractivity contribution >= 4 is 17.7 Å². The van der Waals surface area contributed by atoms with Crippen molar-refractivity contribution in [1.82, 2.24) is 0 Å². The second-order valence-electron chi connectivity index (χ2n) is 4.23. The van der Waals surface area contributed by atoms with Gasteiger partial charge in [-0.3, -0.25) is 0 Å². The third-order valence-electron chi connectivity index (χ3n) is 2.67. The Kier molecular flexibility index (Phi) is 4.89. The predicted molar refractivity (Wildman–Crippen MR) is 71.2 cm³/mol. The Bertz CT molecular complexity index is 455. The normalized spacial score (nSPS) is 11.2.